The molecule has 0 amide bonds. The van der Waals surface area contributed by atoms with Crippen LogP contribution in [0.5, 0.6) is 5.75 Å². The molecule has 1 unspecified atom stereocenters. The first-order valence-corrected chi connectivity index (χ1v) is 17.5. The predicted molar refractivity (Wildman–Crippen MR) is 165 cm³/mol. The third-order valence-corrected chi connectivity index (χ3v) is 12.3. The molecule has 0 aromatic heterocycles. The van der Waals surface area contributed by atoms with Crippen molar-refractivity contribution in [3.8, 4) is 5.75 Å². The Labute approximate surface area is 243 Å². The number of sulfonamides is 2. The quantitative estimate of drug-likeness (QED) is 0.268. The molecule has 1 atom stereocenters. The van der Waals surface area contributed by atoms with Crippen LogP contribution >= 0.6 is 0 Å². The molecule has 2 aromatic carbocycles. The lowest BCUT2D eigenvalue weighted by molar-refractivity contribution is 0.0216. The van der Waals surface area contributed by atoms with E-state index in [1.54, 1.807) is 26.8 Å². The Kier molecular flexibility index (Phi) is 11.3. The number of aryl methyl sites for hydroxylation is 2. The molecule has 0 spiro atoms. The lowest BCUT2D eigenvalue weighted by Gasteiger charge is -2.35. The van der Waals surface area contributed by atoms with E-state index in [2.05, 4.69) is 19.9 Å². The van der Waals surface area contributed by atoms with Crippen molar-refractivity contribution in [2.75, 3.05) is 21.8 Å². The van der Waals surface area contributed by atoms with Gasteiger partial charge in [-0.3, -0.25) is 0 Å². The summed E-state index contributed by atoms with van der Waals surface area (Å²) in [6.45, 7) is 17.6. The Morgan fingerprint density at radius 1 is 0.800 bits per heavy atom. The average molecular weight is 596 g/mol. The maximum atomic E-state index is 13.2. The number of anilines is 1. The second-order valence-corrected chi connectivity index (χ2v) is 15.9. The summed E-state index contributed by atoms with van der Waals surface area (Å²) < 4.78 is 59.3. The van der Waals surface area contributed by atoms with E-state index in [-0.39, 0.29) is 34.6 Å². The molecule has 9 heteroatoms. The van der Waals surface area contributed by atoms with Gasteiger partial charge in [0, 0.05) is 5.41 Å². The molecule has 0 saturated carbocycles. The van der Waals surface area contributed by atoms with Crippen LogP contribution in [-0.2, 0) is 25.5 Å². The number of ether oxygens (including phenoxy) is 1. The maximum absolute atomic E-state index is 13.2. The van der Waals surface area contributed by atoms with Crippen LogP contribution in [0.25, 0.3) is 0 Å². The molecule has 0 heterocycles. The Hall–Kier alpha value is -2.10. The first-order valence-electron chi connectivity index (χ1n) is 14.3. The molecule has 1 N–H and O–H groups in total. The molecule has 0 radical (unpaired) electrons. The van der Waals surface area contributed by atoms with Crippen molar-refractivity contribution in [1.82, 2.24) is 0 Å². The normalized spacial score (nSPS) is 13.8. The highest BCUT2D eigenvalue weighted by Gasteiger charge is 2.36. The van der Waals surface area contributed by atoms with Gasteiger partial charge in [-0.15, -0.1) is 0 Å². The molecular formula is C31H49NO6S2. The minimum atomic E-state index is -4.06. The summed E-state index contributed by atoms with van der Waals surface area (Å²) >= 11 is 0. The fraction of sp³-hybridized carbons (Fsp3) is 0.613. The summed E-state index contributed by atoms with van der Waals surface area (Å²) in [6, 6.07) is 11.5. The molecule has 0 aliphatic carbocycles. The maximum Gasteiger partial charge on any atom is 0.248 e. The van der Waals surface area contributed by atoms with Gasteiger partial charge in [-0.2, -0.15) is 3.71 Å². The second-order valence-electron chi connectivity index (χ2n) is 11.8. The fourth-order valence-electron chi connectivity index (χ4n) is 5.07. The van der Waals surface area contributed by atoms with Gasteiger partial charge in [-0.25, -0.2) is 16.8 Å². The molecule has 7 nitrogen and oxygen atoms in total. The highest BCUT2D eigenvalue weighted by molar-refractivity contribution is 8.10. The van der Waals surface area contributed by atoms with Gasteiger partial charge in [0.05, 0.1) is 23.3 Å². The van der Waals surface area contributed by atoms with Gasteiger partial charge < -0.3 is 9.84 Å². The minimum absolute atomic E-state index is 0.184. The summed E-state index contributed by atoms with van der Waals surface area (Å²) in [5.74, 6) is 0.231. The molecule has 0 aliphatic heterocycles. The molecular weight excluding hydrogens is 546 g/mol. The standard InChI is InChI=1S/C31H49NO6S2/c1-10-18-39(34,35)32(40(36,37)19-11-2)27-16-14-25(20-23(27)5)31(12-3,13-4)26-15-17-28(24(6)21-26)38-22-29(33)30(7,8)9/h14-17,20-21,29,33H,10-13,18-19,22H2,1-9H3. The van der Waals surface area contributed by atoms with Gasteiger partial charge in [0.15, 0.2) is 0 Å². The van der Waals surface area contributed by atoms with Gasteiger partial charge in [0.25, 0.3) is 0 Å². The number of nitrogens with zero attached hydrogens (tertiary/aromatic N) is 1. The predicted octanol–water partition coefficient (Wildman–Crippen LogP) is 6.48. The zero-order valence-electron chi connectivity index (χ0n) is 25.7. The zero-order chi connectivity index (χ0) is 30.5. The minimum Gasteiger partial charge on any atom is -0.491 e. The molecule has 0 bridgehead atoms. The van der Waals surface area contributed by atoms with E-state index in [4.69, 9.17) is 4.74 Å². The Bertz CT molecular complexity index is 1320. The van der Waals surface area contributed by atoms with Gasteiger partial charge in [0.2, 0.25) is 20.0 Å². The monoisotopic (exact) mass is 595 g/mol. The molecule has 0 saturated heterocycles. The Morgan fingerprint density at radius 3 is 1.68 bits per heavy atom. The lowest BCUT2D eigenvalue weighted by atomic mass is 9.70. The molecule has 0 fully saturated rings. The van der Waals surface area contributed by atoms with Crippen LogP contribution in [0.3, 0.4) is 0 Å². The van der Waals surface area contributed by atoms with Crippen molar-refractivity contribution >= 4 is 25.7 Å². The van der Waals surface area contributed by atoms with Gasteiger partial charge in [-0.05, 0) is 79.3 Å². The van der Waals surface area contributed by atoms with Gasteiger partial charge in [0.1, 0.15) is 12.4 Å². The van der Waals surface area contributed by atoms with Crippen molar-refractivity contribution < 1.29 is 26.7 Å². The number of hydrogen-bond acceptors (Lipinski definition) is 6. The first-order chi connectivity index (χ1) is 18.5. The number of aliphatic hydroxyl groups excluding tert-OH is 1. The van der Waals surface area contributed by atoms with Crippen LogP contribution in [-0.4, -0.2) is 46.2 Å². The van der Waals surface area contributed by atoms with Gasteiger partial charge in [-0.1, -0.05) is 72.7 Å². The Balaban J connectivity index is 2.58. The second kappa shape index (κ2) is 13.3. The smallest absolute Gasteiger partial charge is 0.248 e. The van der Waals surface area contributed by atoms with E-state index in [1.807, 2.05) is 52.0 Å². The number of aliphatic hydroxyl groups is 1. The topological polar surface area (TPSA) is 101 Å². The molecule has 2 aromatic rings. The first kappa shape index (κ1) is 34.1. The van der Waals surface area contributed by atoms with Crippen molar-refractivity contribution in [3.63, 3.8) is 0 Å². The number of hydrogen-bond donors (Lipinski definition) is 1. The van der Waals surface area contributed by atoms with E-state index in [0.717, 1.165) is 35.3 Å². The highest BCUT2D eigenvalue weighted by Crippen LogP contribution is 2.42. The summed E-state index contributed by atoms with van der Waals surface area (Å²) in [6.07, 6.45) is 1.62. The molecule has 2 rings (SSSR count). The molecule has 226 valence electrons. The molecule has 40 heavy (non-hydrogen) atoms. The van der Waals surface area contributed by atoms with Crippen LogP contribution in [0.15, 0.2) is 36.4 Å². The van der Waals surface area contributed by atoms with Crippen molar-refractivity contribution in [3.05, 3.63) is 58.7 Å². The largest absolute Gasteiger partial charge is 0.491 e. The van der Waals surface area contributed by atoms with Crippen molar-refractivity contribution in [1.29, 1.82) is 0 Å². The van der Waals surface area contributed by atoms with Gasteiger partial charge >= 0.3 is 0 Å². The van der Waals surface area contributed by atoms with E-state index in [0.29, 0.717) is 22.1 Å². The zero-order valence-corrected chi connectivity index (χ0v) is 27.4. The van der Waals surface area contributed by atoms with E-state index in [9.17, 15) is 21.9 Å². The van der Waals surface area contributed by atoms with E-state index in [1.165, 1.54) is 0 Å². The summed E-state index contributed by atoms with van der Waals surface area (Å²) in [4.78, 5) is 0. The molecule has 0 aliphatic rings. The summed E-state index contributed by atoms with van der Waals surface area (Å²) in [5.41, 5.74) is 3.18. The van der Waals surface area contributed by atoms with Crippen molar-refractivity contribution in [2.45, 2.75) is 99.5 Å². The van der Waals surface area contributed by atoms with E-state index >= 15 is 0 Å². The average Bonchev–Trinajstić information content (AvgIpc) is 2.85. The fourth-order valence-corrected chi connectivity index (χ4v) is 9.28. The number of benzene rings is 2. The van der Waals surface area contributed by atoms with Crippen LogP contribution in [0, 0.1) is 19.3 Å². The lowest BCUT2D eigenvalue weighted by Crippen LogP contribution is -2.40. The van der Waals surface area contributed by atoms with Crippen molar-refractivity contribution in [2.24, 2.45) is 5.41 Å². The van der Waals surface area contributed by atoms with Crippen LogP contribution in [0.1, 0.15) is 96.4 Å². The third-order valence-electron chi connectivity index (χ3n) is 7.71. The van der Waals surface area contributed by atoms with Crippen LogP contribution < -0.4 is 8.45 Å². The van der Waals surface area contributed by atoms with E-state index < -0.39 is 26.2 Å². The third kappa shape index (κ3) is 7.39. The Morgan fingerprint density at radius 2 is 1.27 bits per heavy atom. The SMILES string of the molecule is CCCS(=O)(=O)N(c1ccc(C(CC)(CC)c2ccc(OCC(O)C(C)(C)C)c(C)c2)cc1C)S(=O)(=O)CCC. The summed E-state index contributed by atoms with van der Waals surface area (Å²) in [7, 11) is -8.11. The highest BCUT2D eigenvalue weighted by atomic mass is 32.3. The van der Waals surface area contributed by atoms with Crippen LogP contribution in [0.4, 0.5) is 5.69 Å². The van der Waals surface area contributed by atoms with Crippen LogP contribution in [0.2, 0.25) is 0 Å². The summed E-state index contributed by atoms with van der Waals surface area (Å²) in [5, 5.41) is 10.4. The number of rotatable bonds is 14.